The zero-order valence-electron chi connectivity index (χ0n) is 10.4. The fourth-order valence-electron chi connectivity index (χ4n) is 1.48. The molecule has 19 heavy (non-hydrogen) atoms. The molecule has 98 valence electrons. The zero-order chi connectivity index (χ0) is 13.7. The van der Waals surface area contributed by atoms with E-state index in [1.165, 1.54) is 12.5 Å². The summed E-state index contributed by atoms with van der Waals surface area (Å²) in [5.74, 6) is 0.490. The molecule has 0 bridgehead atoms. The average Bonchev–Trinajstić information content (AvgIpc) is 2.42. The van der Waals surface area contributed by atoms with Crippen LogP contribution in [0.5, 0.6) is 17.4 Å². The van der Waals surface area contributed by atoms with Crippen LogP contribution in [0.25, 0.3) is 0 Å². The lowest BCUT2D eigenvalue weighted by molar-refractivity contribution is 0.0997. The summed E-state index contributed by atoms with van der Waals surface area (Å²) in [6, 6.07) is 7.11. The maximum absolute atomic E-state index is 11.3. The number of ether oxygens (including phenoxy) is 2. The molecule has 6 heteroatoms. The van der Waals surface area contributed by atoms with E-state index in [4.69, 9.17) is 15.2 Å². The Bertz CT molecular complexity index is 587. The average molecular weight is 259 g/mol. The van der Waals surface area contributed by atoms with Crippen LogP contribution in [0, 0.1) is 0 Å². The van der Waals surface area contributed by atoms with Crippen molar-refractivity contribution >= 4 is 5.91 Å². The number of hydrogen-bond acceptors (Lipinski definition) is 5. The Morgan fingerprint density at radius 1 is 1.32 bits per heavy atom. The molecule has 2 rings (SSSR count). The van der Waals surface area contributed by atoms with Crippen LogP contribution < -0.4 is 15.2 Å². The predicted octanol–water partition coefficient (Wildman–Crippen LogP) is 1.77. The van der Waals surface area contributed by atoms with Crippen molar-refractivity contribution in [3.63, 3.8) is 0 Å². The summed E-state index contributed by atoms with van der Waals surface area (Å²) in [6.07, 6.45) is 2.60. The van der Waals surface area contributed by atoms with Crippen molar-refractivity contribution in [2.75, 3.05) is 6.61 Å². The third kappa shape index (κ3) is 2.98. The minimum atomic E-state index is -0.649. The smallest absolute Gasteiger partial charge is 0.255 e. The van der Waals surface area contributed by atoms with Crippen LogP contribution in [-0.2, 0) is 0 Å². The number of hydrogen-bond donors (Lipinski definition) is 1. The van der Waals surface area contributed by atoms with Gasteiger partial charge in [0.15, 0.2) is 11.5 Å². The number of para-hydroxylation sites is 2. The van der Waals surface area contributed by atoms with Crippen molar-refractivity contribution in [1.82, 2.24) is 9.97 Å². The monoisotopic (exact) mass is 259 g/mol. The lowest BCUT2D eigenvalue weighted by Crippen LogP contribution is -2.13. The van der Waals surface area contributed by atoms with Crippen LogP contribution in [0.2, 0.25) is 0 Å². The second kappa shape index (κ2) is 5.81. The fraction of sp³-hybridized carbons (Fsp3) is 0.154. The third-order valence-electron chi connectivity index (χ3n) is 2.30. The van der Waals surface area contributed by atoms with E-state index in [0.29, 0.717) is 18.1 Å². The van der Waals surface area contributed by atoms with E-state index in [0.717, 1.165) is 0 Å². The van der Waals surface area contributed by atoms with Crippen molar-refractivity contribution < 1.29 is 14.3 Å². The highest BCUT2D eigenvalue weighted by Crippen LogP contribution is 2.31. The number of aromatic nitrogens is 2. The van der Waals surface area contributed by atoms with E-state index >= 15 is 0 Å². The van der Waals surface area contributed by atoms with Crippen LogP contribution in [-0.4, -0.2) is 22.5 Å². The summed E-state index contributed by atoms with van der Waals surface area (Å²) in [6.45, 7) is 2.38. The van der Waals surface area contributed by atoms with Crippen LogP contribution in [0.4, 0.5) is 0 Å². The molecule has 6 nitrogen and oxygen atoms in total. The number of nitrogens with two attached hydrogens (primary N) is 1. The molecule has 2 aromatic rings. The Balaban J connectivity index is 2.34. The molecule has 0 radical (unpaired) electrons. The van der Waals surface area contributed by atoms with Gasteiger partial charge in [0.1, 0.15) is 11.9 Å². The minimum absolute atomic E-state index is 0.106. The predicted molar refractivity (Wildman–Crippen MR) is 68.2 cm³/mol. The Kier molecular flexibility index (Phi) is 3.92. The van der Waals surface area contributed by atoms with Crippen LogP contribution in [0.15, 0.2) is 36.8 Å². The van der Waals surface area contributed by atoms with E-state index < -0.39 is 5.91 Å². The summed E-state index contributed by atoms with van der Waals surface area (Å²) < 4.78 is 11.0. The van der Waals surface area contributed by atoms with Gasteiger partial charge in [0.2, 0.25) is 5.88 Å². The zero-order valence-corrected chi connectivity index (χ0v) is 10.4. The Labute approximate surface area is 110 Å². The summed E-state index contributed by atoms with van der Waals surface area (Å²) in [7, 11) is 0. The van der Waals surface area contributed by atoms with Gasteiger partial charge in [0.25, 0.3) is 5.91 Å². The number of benzene rings is 1. The normalized spacial score (nSPS) is 9.95. The first-order valence-corrected chi connectivity index (χ1v) is 5.72. The van der Waals surface area contributed by atoms with Gasteiger partial charge in [0.05, 0.1) is 6.61 Å². The van der Waals surface area contributed by atoms with Gasteiger partial charge in [-0.05, 0) is 19.1 Å². The second-order valence-electron chi connectivity index (χ2n) is 3.59. The molecule has 0 saturated heterocycles. The van der Waals surface area contributed by atoms with E-state index in [9.17, 15) is 4.79 Å². The summed E-state index contributed by atoms with van der Waals surface area (Å²) in [5, 5.41) is 0. The minimum Gasteiger partial charge on any atom is -0.490 e. The summed E-state index contributed by atoms with van der Waals surface area (Å²) in [4.78, 5) is 18.9. The van der Waals surface area contributed by atoms with E-state index in [1.54, 1.807) is 18.2 Å². The third-order valence-corrected chi connectivity index (χ3v) is 2.30. The van der Waals surface area contributed by atoms with Crippen molar-refractivity contribution in [2.45, 2.75) is 6.92 Å². The lowest BCUT2D eigenvalue weighted by Gasteiger charge is -2.11. The second-order valence-corrected chi connectivity index (χ2v) is 3.59. The molecule has 1 aromatic heterocycles. The molecular formula is C13H13N3O3. The Morgan fingerprint density at radius 3 is 2.74 bits per heavy atom. The molecule has 0 fully saturated rings. The molecule has 2 N–H and O–H groups in total. The molecule has 0 atom stereocenters. The van der Waals surface area contributed by atoms with Crippen molar-refractivity contribution in [3.8, 4) is 17.4 Å². The maximum Gasteiger partial charge on any atom is 0.255 e. The lowest BCUT2D eigenvalue weighted by atomic mass is 10.3. The van der Waals surface area contributed by atoms with Gasteiger partial charge in [-0.1, -0.05) is 12.1 Å². The quantitative estimate of drug-likeness (QED) is 0.884. The Hall–Kier alpha value is -2.63. The highest BCUT2D eigenvalue weighted by molar-refractivity contribution is 5.94. The number of carbonyl (C=O) groups is 1. The standard InChI is InChI=1S/C13H13N3O3/c1-2-18-10-5-3-4-6-11(10)19-13-9(12(14)17)7-15-8-16-13/h3-8H,2H2,1H3,(H2,14,17). The maximum atomic E-state index is 11.3. The molecule has 0 spiro atoms. The van der Waals surface area contributed by atoms with Crippen molar-refractivity contribution in [2.24, 2.45) is 5.73 Å². The van der Waals surface area contributed by atoms with E-state index in [2.05, 4.69) is 9.97 Å². The number of carbonyl (C=O) groups excluding carboxylic acids is 1. The molecule has 1 heterocycles. The highest BCUT2D eigenvalue weighted by atomic mass is 16.5. The van der Waals surface area contributed by atoms with E-state index in [-0.39, 0.29) is 11.4 Å². The van der Waals surface area contributed by atoms with Crippen LogP contribution in [0.3, 0.4) is 0 Å². The van der Waals surface area contributed by atoms with Crippen molar-refractivity contribution in [3.05, 3.63) is 42.4 Å². The fourth-order valence-corrected chi connectivity index (χ4v) is 1.48. The van der Waals surface area contributed by atoms with Gasteiger partial charge in [-0.25, -0.2) is 9.97 Å². The molecule has 0 aliphatic rings. The SMILES string of the molecule is CCOc1ccccc1Oc1ncncc1C(N)=O. The number of nitrogens with zero attached hydrogens (tertiary/aromatic N) is 2. The first-order chi connectivity index (χ1) is 9.22. The topological polar surface area (TPSA) is 87.3 Å². The van der Waals surface area contributed by atoms with Gasteiger partial charge >= 0.3 is 0 Å². The number of primary amides is 1. The molecule has 0 unspecified atom stereocenters. The molecule has 0 aliphatic heterocycles. The van der Waals surface area contributed by atoms with Gasteiger partial charge in [-0.3, -0.25) is 4.79 Å². The first kappa shape index (κ1) is 12.8. The van der Waals surface area contributed by atoms with Gasteiger partial charge in [-0.2, -0.15) is 0 Å². The molecule has 0 aliphatic carbocycles. The van der Waals surface area contributed by atoms with Crippen molar-refractivity contribution in [1.29, 1.82) is 0 Å². The first-order valence-electron chi connectivity index (χ1n) is 5.72. The summed E-state index contributed by atoms with van der Waals surface area (Å²) in [5.41, 5.74) is 5.35. The van der Waals surface area contributed by atoms with Gasteiger partial charge in [0, 0.05) is 6.20 Å². The molecule has 0 saturated carbocycles. The van der Waals surface area contributed by atoms with Crippen LogP contribution in [0.1, 0.15) is 17.3 Å². The van der Waals surface area contributed by atoms with Gasteiger partial charge in [-0.15, -0.1) is 0 Å². The van der Waals surface area contributed by atoms with Gasteiger partial charge < -0.3 is 15.2 Å². The largest absolute Gasteiger partial charge is 0.490 e. The highest BCUT2D eigenvalue weighted by Gasteiger charge is 2.13. The van der Waals surface area contributed by atoms with Crippen LogP contribution >= 0.6 is 0 Å². The number of amides is 1. The molecule has 1 aromatic carbocycles. The van der Waals surface area contributed by atoms with E-state index in [1.807, 2.05) is 13.0 Å². The number of rotatable bonds is 5. The molecular weight excluding hydrogens is 246 g/mol. The Morgan fingerprint density at radius 2 is 2.05 bits per heavy atom. The summed E-state index contributed by atoms with van der Waals surface area (Å²) >= 11 is 0. The molecule has 1 amide bonds.